The number of halogens is 3. The zero-order chi connectivity index (χ0) is 24.1. The van der Waals surface area contributed by atoms with Crippen LogP contribution >= 0.6 is 0 Å². The van der Waals surface area contributed by atoms with Crippen molar-refractivity contribution in [1.29, 1.82) is 0 Å². The van der Waals surface area contributed by atoms with Crippen LogP contribution in [-0.2, 0) is 11.2 Å². The van der Waals surface area contributed by atoms with E-state index in [0.29, 0.717) is 42.6 Å². The molecule has 0 amide bonds. The van der Waals surface area contributed by atoms with Crippen molar-refractivity contribution in [3.63, 3.8) is 0 Å². The fourth-order valence-electron chi connectivity index (χ4n) is 5.35. The molecule has 2 fully saturated rings. The number of hydrogen-bond donors (Lipinski definition) is 0. The molecule has 1 unspecified atom stereocenters. The molecule has 2 bridgehead atoms. The average molecular weight is 480 g/mol. The van der Waals surface area contributed by atoms with E-state index in [2.05, 4.69) is 25.0 Å². The summed E-state index contributed by atoms with van der Waals surface area (Å²) in [5.74, 6) is -1.50. The molecule has 0 spiro atoms. The van der Waals surface area contributed by atoms with Crippen molar-refractivity contribution < 1.29 is 17.9 Å². The lowest BCUT2D eigenvalue weighted by atomic mass is 9.74. The van der Waals surface area contributed by atoms with Crippen LogP contribution in [0.2, 0.25) is 0 Å². The van der Waals surface area contributed by atoms with Crippen molar-refractivity contribution in [3.05, 3.63) is 71.8 Å². The maximum atomic E-state index is 14.5. The zero-order valence-corrected chi connectivity index (χ0v) is 19.0. The quantitative estimate of drug-likeness (QED) is 0.414. The largest absolute Gasteiger partial charge is 0.381 e. The molecule has 10 heteroatoms. The Labute approximate surface area is 199 Å². The number of anilines is 1. The molecule has 35 heavy (non-hydrogen) atoms. The van der Waals surface area contributed by atoms with E-state index >= 15 is 0 Å². The first-order chi connectivity index (χ1) is 17.0. The minimum atomic E-state index is -1.50. The van der Waals surface area contributed by atoms with Gasteiger partial charge in [0.05, 0.1) is 13.2 Å². The summed E-state index contributed by atoms with van der Waals surface area (Å²) >= 11 is 0. The summed E-state index contributed by atoms with van der Waals surface area (Å²) in [7, 11) is 0. The van der Waals surface area contributed by atoms with E-state index < -0.39 is 17.5 Å². The molecule has 5 heterocycles. The van der Waals surface area contributed by atoms with Crippen LogP contribution in [0.5, 0.6) is 0 Å². The van der Waals surface area contributed by atoms with E-state index in [4.69, 9.17) is 4.74 Å². The van der Waals surface area contributed by atoms with E-state index in [-0.39, 0.29) is 17.4 Å². The predicted molar refractivity (Wildman–Crippen MR) is 122 cm³/mol. The van der Waals surface area contributed by atoms with Crippen molar-refractivity contribution >= 4 is 11.5 Å². The average Bonchev–Trinajstić information content (AvgIpc) is 3.25. The number of nitrogens with zero attached hydrogens (tertiary/aromatic N) is 6. The maximum absolute atomic E-state index is 14.5. The Kier molecular flexibility index (Phi) is 5.40. The van der Waals surface area contributed by atoms with Gasteiger partial charge in [0, 0.05) is 60.4 Å². The van der Waals surface area contributed by atoms with Gasteiger partial charge in [0.25, 0.3) is 0 Å². The highest BCUT2D eigenvalue weighted by atomic mass is 19.2. The van der Waals surface area contributed by atoms with Crippen molar-refractivity contribution in [3.8, 4) is 11.1 Å². The minimum Gasteiger partial charge on any atom is -0.381 e. The number of hydrogen-bond acceptors (Lipinski definition) is 6. The molecule has 3 aromatic heterocycles. The van der Waals surface area contributed by atoms with Crippen LogP contribution < -0.4 is 4.90 Å². The minimum absolute atomic E-state index is 0.0489. The zero-order valence-electron chi connectivity index (χ0n) is 19.0. The van der Waals surface area contributed by atoms with Gasteiger partial charge in [-0.1, -0.05) is 0 Å². The molecular weight excluding hydrogens is 457 g/mol. The molecule has 1 aromatic carbocycles. The Morgan fingerprint density at radius 2 is 1.80 bits per heavy atom. The summed E-state index contributed by atoms with van der Waals surface area (Å²) in [5, 5.41) is 4.62. The van der Waals surface area contributed by atoms with Gasteiger partial charge < -0.3 is 9.64 Å². The maximum Gasteiger partial charge on any atom is 0.195 e. The first-order valence-corrected chi connectivity index (χ1v) is 11.6. The molecule has 7 nitrogen and oxygen atoms in total. The molecule has 0 radical (unpaired) electrons. The molecule has 0 N–H and O–H groups in total. The molecule has 2 saturated heterocycles. The number of aromatic nitrogens is 5. The fraction of sp³-hybridized carbons (Fsp3) is 0.360. The third-order valence-electron chi connectivity index (χ3n) is 7.05. The number of fused-ring (bicyclic) bond motifs is 3. The van der Waals surface area contributed by atoms with Gasteiger partial charge in [0.1, 0.15) is 12.1 Å². The predicted octanol–water partition coefficient (Wildman–Crippen LogP) is 3.85. The highest BCUT2D eigenvalue weighted by molar-refractivity contribution is 5.77. The Morgan fingerprint density at radius 3 is 2.57 bits per heavy atom. The molecule has 2 aliphatic rings. The van der Waals surface area contributed by atoms with Crippen LogP contribution in [0.1, 0.15) is 11.5 Å². The third-order valence-corrected chi connectivity index (χ3v) is 7.05. The standard InChI is InChI=1S/C25H23F3N6O/c1-14-7-22(30-13-29-14)33-9-15-11-35-12-16(10-33)19(15)8-21-31-25-18(3-2-6-34(25)32-21)17-4-5-20(26)24(28)23(17)27/h2-7,13,15-16,19H,8-12H2,1H3/t15-,16+,19?. The number of pyridine rings is 1. The molecule has 2 aliphatic heterocycles. The Bertz CT molecular complexity index is 1400. The van der Waals surface area contributed by atoms with E-state index in [1.54, 1.807) is 29.2 Å². The lowest BCUT2D eigenvalue weighted by Gasteiger charge is -2.47. The van der Waals surface area contributed by atoms with E-state index in [0.717, 1.165) is 30.7 Å². The summed E-state index contributed by atoms with van der Waals surface area (Å²) in [6, 6.07) is 7.46. The van der Waals surface area contributed by atoms with Gasteiger partial charge in [-0.2, -0.15) is 5.10 Å². The van der Waals surface area contributed by atoms with Crippen molar-refractivity contribution in [2.24, 2.45) is 17.8 Å². The number of piperidine rings is 1. The van der Waals surface area contributed by atoms with Crippen molar-refractivity contribution in [2.45, 2.75) is 13.3 Å². The highest BCUT2D eigenvalue weighted by Crippen LogP contribution is 2.37. The number of rotatable bonds is 4. The SMILES string of the molecule is Cc1cc(N2C[C@H]3COC[C@@H](C2)C3Cc2nc3c(-c4ccc(F)c(F)c4F)cccn3n2)ncn1. The Balaban J connectivity index is 1.29. The van der Waals surface area contributed by atoms with Gasteiger partial charge in [-0.3, -0.25) is 0 Å². The molecule has 0 saturated carbocycles. The van der Waals surface area contributed by atoms with E-state index in [9.17, 15) is 13.2 Å². The summed E-state index contributed by atoms with van der Waals surface area (Å²) in [6.07, 6.45) is 3.96. The van der Waals surface area contributed by atoms with Gasteiger partial charge >= 0.3 is 0 Å². The molecule has 4 aromatic rings. The molecule has 180 valence electrons. The van der Waals surface area contributed by atoms with Crippen LogP contribution in [0.4, 0.5) is 19.0 Å². The van der Waals surface area contributed by atoms with Gasteiger partial charge in [-0.25, -0.2) is 32.6 Å². The second-order valence-electron chi connectivity index (χ2n) is 9.29. The van der Waals surface area contributed by atoms with Gasteiger partial charge in [0.15, 0.2) is 28.9 Å². The smallest absolute Gasteiger partial charge is 0.195 e. The first kappa shape index (κ1) is 22.0. The number of ether oxygens (including phenoxy) is 1. The van der Waals surface area contributed by atoms with Gasteiger partial charge in [-0.15, -0.1) is 0 Å². The third kappa shape index (κ3) is 3.91. The summed E-state index contributed by atoms with van der Waals surface area (Å²) in [4.78, 5) is 15.6. The summed E-state index contributed by atoms with van der Waals surface area (Å²) in [6.45, 7) is 4.89. The highest BCUT2D eigenvalue weighted by Gasteiger charge is 2.41. The first-order valence-electron chi connectivity index (χ1n) is 11.6. The second-order valence-corrected chi connectivity index (χ2v) is 9.29. The van der Waals surface area contributed by atoms with Crippen molar-refractivity contribution in [1.82, 2.24) is 24.6 Å². The van der Waals surface area contributed by atoms with Crippen LogP contribution in [0, 0.1) is 42.1 Å². The monoisotopic (exact) mass is 480 g/mol. The van der Waals surface area contributed by atoms with Crippen LogP contribution in [0.3, 0.4) is 0 Å². The molecular formula is C25H23F3N6O. The van der Waals surface area contributed by atoms with Crippen LogP contribution in [0.15, 0.2) is 42.9 Å². The van der Waals surface area contributed by atoms with E-state index in [1.807, 2.05) is 13.0 Å². The van der Waals surface area contributed by atoms with Gasteiger partial charge in [0.2, 0.25) is 0 Å². The number of aryl methyl sites for hydroxylation is 1. The van der Waals surface area contributed by atoms with Crippen LogP contribution in [0.25, 0.3) is 16.8 Å². The molecule has 0 aliphatic carbocycles. The molecule has 6 rings (SSSR count). The topological polar surface area (TPSA) is 68.4 Å². The molecule has 3 atom stereocenters. The lowest BCUT2D eigenvalue weighted by Crippen LogP contribution is -2.53. The summed E-state index contributed by atoms with van der Waals surface area (Å²) < 4.78 is 49.3. The Morgan fingerprint density at radius 1 is 1.00 bits per heavy atom. The number of benzene rings is 1. The second kappa shape index (κ2) is 8.60. The lowest BCUT2D eigenvalue weighted by molar-refractivity contribution is -0.0389. The van der Waals surface area contributed by atoms with Crippen molar-refractivity contribution in [2.75, 3.05) is 31.2 Å². The summed E-state index contributed by atoms with van der Waals surface area (Å²) in [5.41, 5.74) is 1.65. The van der Waals surface area contributed by atoms with Crippen LogP contribution in [-0.4, -0.2) is 50.9 Å². The Hall–Kier alpha value is -3.53. The fourth-order valence-corrected chi connectivity index (χ4v) is 5.35. The van der Waals surface area contributed by atoms with E-state index in [1.165, 1.54) is 6.07 Å². The van der Waals surface area contributed by atoms with Gasteiger partial charge in [-0.05, 0) is 37.1 Å². The normalized spacial score (nSPS) is 22.1.